The third-order valence-corrected chi connectivity index (χ3v) is 29.1. The number of hydrogen-bond acceptors (Lipinski definition) is 0. The predicted octanol–water partition coefficient (Wildman–Crippen LogP) is 35.0. The molecule has 3 unspecified atom stereocenters. The molecule has 8 heteroatoms. The highest BCUT2D eigenvalue weighted by molar-refractivity contribution is 5.38. The molecule has 0 heterocycles. The molecule has 0 spiro atoms. The van der Waals surface area contributed by atoms with Crippen molar-refractivity contribution < 1.29 is 35.1 Å². The van der Waals surface area contributed by atoms with E-state index in [0.717, 1.165) is 126 Å². The first-order valence-electron chi connectivity index (χ1n) is 46.9. The molecule has 10 aliphatic carbocycles. The van der Waals surface area contributed by atoms with E-state index in [1.807, 2.05) is 6.07 Å². The van der Waals surface area contributed by atoms with Crippen LogP contribution in [0.1, 0.15) is 429 Å². The van der Waals surface area contributed by atoms with Crippen LogP contribution < -0.4 is 0 Å². The van der Waals surface area contributed by atoms with Crippen LogP contribution in [0.3, 0.4) is 0 Å². The third kappa shape index (κ3) is 37.3. The van der Waals surface area contributed by atoms with Gasteiger partial charge in [-0.15, -0.1) is 0 Å². The molecule has 0 aliphatic heterocycles. The molecule has 0 amide bonds. The molecule has 0 bridgehead atoms. The first kappa shape index (κ1) is 100. The molecule has 7 fully saturated rings. The lowest BCUT2D eigenvalue weighted by atomic mass is 9.70. The van der Waals surface area contributed by atoms with Crippen LogP contribution in [-0.4, -0.2) is 12.1 Å². The first-order chi connectivity index (χ1) is 52.1. The molecule has 111 heavy (non-hydrogen) atoms. The predicted molar refractivity (Wildman–Crippen MR) is 466 cm³/mol. The second kappa shape index (κ2) is 50.8. The Morgan fingerprint density at radius 1 is 0.315 bits per heavy atom. The van der Waals surface area contributed by atoms with Gasteiger partial charge in [0, 0.05) is 18.9 Å². The summed E-state index contributed by atoms with van der Waals surface area (Å²) in [5.41, 5.74) is 8.03. The Morgan fingerprint density at radius 3 is 1.05 bits per heavy atom. The van der Waals surface area contributed by atoms with Crippen LogP contribution in [0.15, 0.2) is 54.6 Å². The van der Waals surface area contributed by atoms with Gasteiger partial charge in [0.2, 0.25) is 5.92 Å². The van der Waals surface area contributed by atoms with Crippen molar-refractivity contribution in [3.63, 3.8) is 0 Å². The number of halogens is 8. The average molecular weight is 1560 g/mol. The van der Waals surface area contributed by atoms with Gasteiger partial charge in [0.05, 0.1) is 5.92 Å². The number of aryl methyl sites for hydroxylation is 3. The van der Waals surface area contributed by atoms with Crippen LogP contribution in [0.5, 0.6) is 0 Å². The highest BCUT2D eigenvalue weighted by Gasteiger charge is 2.42. The van der Waals surface area contributed by atoms with E-state index in [0.29, 0.717) is 72.5 Å². The van der Waals surface area contributed by atoms with Crippen molar-refractivity contribution in [1.82, 2.24) is 0 Å². The monoisotopic (exact) mass is 1560 g/mol. The van der Waals surface area contributed by atoms with Crippen molar-refractivity contribution >= 4 is 0 Å². The van der Waals surface area contributed by atoms with E-state index in [1.165, 1.54) is 184 Å². The molecule has 13 rings (SSSR count). The van der Waals surface area contributed by atoms with Crippen molar-refractivity contribution in [2.75, 3.05) is 0 Å². The van der Waals surface area contributed by atoms with Gasteiger partial charge in [-0.25, -0.2) is 22.0 Å². The Hall–Kier alpha value is -2.90. The smallest absolute Gasteiger partial charge is 0.207 e. The summed E-state index contributed by atoms with van der Waals surface area (Å²) in [6, 6.07) is 16.6. The lowest BCUT2D eigenvalue weighted by Crippen LogP contribution is -2.29. The van der Waals surface area contributed by atoms with E-state index in [4.69, 9.17) is 0 Å². The van der Waals surface area contributed by atoms with Crippen molar-refractivity contribution in [3.8, 4) is 0 Å². The van der Waals surface area contributed by atoms with Gasteiger partial charge in [0.25, 0.3) is 0 Å². The van der Waals surface area contributed by atoms with Crippen LogP contribution >= 0.6 is 0 Å². The zero-order valence-corrected chi connectivity index (χ0v) is 76.1. The van der Waals surface area contributed by atoms with Crippen LogP contribution in [0, 0.1) is 135 Å². The maximum absolute atomic E-state index is 13.5. The molecule has 3 atom stereocenters. The zero-order valence-electron chi connectivity index (χ0n) is 76.1. The Bertz CT molecular complexity index is 2830. The Balaban J connectivity index is 0.000000261. The van der Waals surface area contributed by atoms with Crippen molar-refractivity contribution in [2.45, 2.75) is 427 Å². The molecule has 7 saturated carbocycles. The Morgan fingerprint density at radius 2 is 0.640 bits per heavy atom. The van der Waals surface area contributed by atoms with E-state index >= 15 is 0 Å². The highest BCUT2D eigenvalue weighted by Crippen LogP contribution is 2.46. The maximum Gasteiger partial charge on any atom is 0.391 e. The van der Waals surface area contributed by atoms with Crippen molar-refractivity contribution in [3.05, 3.63) is 105 Å². The largest absolute Gasteiger partial charge is 0.391 e. The summed E-state index contributed by atoms with van der Waals surface area (Å²) in [6.45, 7) is 52.5. The summed E-state index contributed by atoms with van der Waals surface area (Å²) in [7, 11) is 0. The quantitative estimate of drug-likeness (QED) is 0.140. The standard InChI is InChI=1S/C12H14F2.C12H15F.C12H16.C11H22.C10H17F3.2C10H20.C9H16F2.C9H18.C8H16/c1-7(2)10-4-3-8-5-9(13)6-11(14)12(8)10;1-8(2)11-5-3-9-7-10(13)4-6-12(9)11;1-9(2)11-8-7-10-5-3-4-6-12(10)11;1-9(2)10-5-7-11(3,4)8-6-10;1-7(2)8-3-5-9(6-4-8)10(11,12)13;1-8(2)10-6-4-9(3)5-7-10;1-9(2)10-7-5-3-4-6-8-10;1-7(2)8-3-5-9(10,11)6-4-8;1-8(2)9-6-4-3-5-7-9;1-7(2)8-5-3-4-6-8/h5-7,10H,3-4H2,1-2H3;4,6-8,11H,3,5H2,1-2H3;3-6,9,11H,7-8H2,1-2H3;9-10H,5-8H2,1-4H3;7-9H,3-6H2,1-2H3;8-10H,4-7H2,1-3H3;9-10H,3-8H2,1-2H3;7-8H,3-6H2,1-2H3;8-9H,3-7H2,1-2H3;7-8H,3-6H2,1-2H3. The number of alkyl halides is 5. The molecule has 0 radical (unpaired) electrons. The lowest BCUT2D eigenvalue weighted by molar-refractivity contribution is -0.184. The molecule has 3 aromatic rings. The van der Waals surface area contributed by atoms with Gasteiger partial charge in [-0.1, -0.05) is 299 Å². The summed E-state index contributed by atoms with van der Waals surface area (Å²) >= 11 is 0. The summed E-state index contributed by atoms with van der Waals surface area (Å²) in [5.74, 6) is 12.4. The van der Waals surface area contributed by atoms with Crippen molar-refractivity contribution in [2.24, 2.45) is 118 Å². The van der Waals surface area contributed by atoms with E-state index < -0.39 is 23.8 Å². The van der Waals surface area contributed by atoms with Gasteiger partial charge in [-0.3, -0.25) is 0 Å². The summed E-state index contributed by atoms with van der Waals surface area (Å²) < 4.78 is 101. The van der Waals surface area contributed by atoms with Gasteiger partial charge in [-0.2, -0.15) is 13.2 Å². The molecule has 0 N–H and O–H groups in total. The fraction of sp³-hybridized carbons (Fsp3) is 0.825. The normalized spacial score (nSPS) is 24.8. The minimum Gasteiger partial charge on any atom is -0.207 e. The van der Waals surface area contributed by atoms with Crippen LogP contribution in [0.4, 0.5) is 35.1 Å². The maximum atomic E-state index is 13.5. The topological polar surface area (TPSA) is 0 Å². The minimum absolute atomic E-state index is 0.0943. The summed E-state index contributed by atoms with van der Waals surface area (Å²) in [5, 5.41) is 0. The third-order valence-electron chi connectivity index (χ3n) is 29.1. The van der Waals surface area contributed by atoms with Gasteiger partial charge in [0.15, 0.2) is 0 Å². The Kier molecular flexibility index (Phi) is 45.9. The van der Waals surface area contributed by atoms with Gasteiger partial charge in [-0.05, 0) is 297 Å². The van der Waals surface area contributed by atoms with Gasteiger partial charge >= 0.3 is 6.18 Å². The molecule has 10 aliphatic rings. The molecular formula is C103H174F8. The molecule has 0 aromatic heterocycles. The summed E-state index contributed by atoms with van der Waals surface area (Å²) in [6.07, 6.45) is 40.6. The SMILES string of the molecule is CC(C)C1CCC(C(F)(F)F)CC1.CC(C)C1CCC(C)(C)CC1.CC(C)C1CCC(F)(F)CC1.CC(C)C1CCCC1.CC(C)C1CCCCC1.CC(C)C1CCCCCC1.CC(C)C1CCc2cc(F)cc(F)c21.CC(C)C1CCc2cc(F)ccc21.CC(C)C1CCc2ccccc21.CC1CCC(C(C)C)CC1. The van der Waals surface area contributed by atoms with E-state index in [-0.39, 0.29) is 30.4 Å². The Labute approximate surface area is 681 Å². The zero-order chi connectivity index (χ0) is 82.9. The van der Waals surface area contributed by atoms with Gasteiger partial charge < -0.3 is 0 Å². The second-order valence-corrected chi connectivity index (χ2v) is 41.4. The van der Waals surface area contributed by atoms with Crippen LogP contribution in [0.2, 0.25) is 0 Å². The fourth-order valence-corrected chi connectivity index (χ4v) is 20.3. The van der Waals surface area contributed by atoms with Crippen LogP contribution in [0.25, 0.3) is 0 Å². The number of rotatable bonds is 10. The van der Waals surface area contributed by atoms with Crippen LogP contribution in [-0.2, 0) is 19.3 Å². The van der Waals surface area contributed by atoms with Crippen molar-refractivity contribution in [1.29, 1.82) is 0 Å². The van der Waals surface area contributed by atoms with E-state index in [2.05, 4.69) is 184 Å². The molecular weight excluding hydrogens is 1390 g/mol. The van der Waals surface area contributed by atoms with E-state index in [1.54, 1.807) is 23.3 Å². The van der Waals surface area contributed by atoms with E-state index in [9.17, 15) is 35.1 Å². The number of fused-ring (bicyclic) bond motifs is 3. The fourth-order valence-electron chi connectivity index (χ4n) is 20.3. The molecule has 0 nitrogen and oxygen atoms in total. The summed E-state index contributed by atoms with van der Waals surface area (Å²) in [4.78, 5) is 0. The molecule has 0 saturated heterocycles. The second-order valence-electron chi connectivity index (χ2n) is 41.4. The molecule has 3 aromatic carbocycles. The lowest BCUT2D eigenvalue weighted by Gasteiger charge is -2.36. The minimum atomic E-state index is -3.96. The first-order valence-corrected chi connectivity index (χ1v) is 46.9. The molecule has 642 valence electrons. The number of hydrogen-bond donors (Lipinski definition) is 0. The van der Waals surface area contributed by atoms with Gasteiger partial charge in [0.1, 0.15) is 17.5 Å². The average Bonchev–Trinajstić information content (AvgIpc) is 1.67. The highest BCUT2D eigenvalue weighted by atomic mass is 19.4. The number of benzene rings is 3.